The Morgan fingerprint density at radius 2 is 1.74 bits per heavy atom. The predicted molar refractivity (Wildman–Crippen MR) is 112 cm³/mol. The predicted octanol–water partition coefficient (Wildman–Crippen LogP) is 2.94. The molecule has 1 aliphatic heterocycles. The molecule has 0 radical (unpaired) electrons. The summed E-state index contributed by atoms with van der Waals surface area (Å²) in [6, 6.07) is 10.5. The van der Waals surface area contributed by atoms with Gasteiger partial charge >= 0.3 is 0 Å². The Balaban J connectivity index is 0.00000261. The summed E-state index contributed by atoms with van der Waals surface area (Å²) >= 11 is 0. The Labute approximate surface area is 167 Å². The van der Waals surface area contributed by atoms with Gasteiger partial charge in [-0.05, 0) is 55.3 Å². The van der Waals surface area contributed by atoms with Gasteiger partial charge in [-0.25, -0.2) is 8.42 Å². The molecule has 8 heteroatoms. The molecule has 6 nitrogen and oxygen atoms in total. The summed E-state index contributed by atoms with van der Waals surface area (Å²) < 4.78 is 33.8. The molecule has 1 aliphatic rings. The lowest BCUT2D eigenvalue weighted by atomic mass is 10.1. The zero-order valence-corrected chi connectivity index (χ0v) is 17.4. The standard InChI is InChI=1S/C19H25N3O3S.ClH/c1-14-4-5-16(12-15(14)2)21-26(23,24)17-6-7-19(25-3)18(13-17)22-10-8-20-9-11-22;/h4-7,12-13,20-21H,8-11H2,1-3H3;1H. The molecule has 1 saturated heterocycles. The second kappa shape index (κ2) is 8.82. The third kappa shape index (κ3) is 4.86. The van der Waals surface area contributed by atoms with Crippen LogP contribution in [0, 0.1) is 13.8 Å². The van der Waals surface area contributed by atoms with Crippen molar-refractivity contribution in [2.24, 2.45) is 0 Å². The van der Waals surface area contributed by atoms with Crippen molar-refractivity contribution < 1.29 is 13.2 Å². The van der Waals surface area contributed by atoms with E-state index in [1.165, 1.54) is 0 Å². The molecular weight excluding hydrogens is 386 g/mol. The van der Waals surface area contributed by atoms with Crippen molar-refractivity contribution in [2.45, 2.75) is 18.7 Å². The molecule has 1 heterocycles. The number of hydrogen-bond acceptors (Lipinski definition) is 5. The fourth-order valence-corrected chi connectivity index (χ4v) is 4.08. The van der Waals surface area contributed by atoms with Crippen LogP contribution >= 0.6 is 12.4 Å². The van der Waals surface area contributed by atoms with Crippen molar-refractivity contribution in [1.82, 2.24) is 5.32 Å². The maximum absolute atomic E-state index is 12.8. The highest BCUT2D eigenvalue weighted by atomic mass is 35.5. The number of ether oxygens (including phenoxy) is 1. The van der Waals surface area contributed by atoms with Crippen LogP contribution in [0.3, 0.4) is 0 Å². The summed E-state index contributed by atoms with van der Waals surface area (Å²) in [6.07, 6.45) is 0. The van der Waals surface area contributed by atoms with E-state index in [1.54, 1.807) is 31.4 Å². The molecule has 3 rings (SSSR count). The average Bonchev–Trinajstić information content (AvgIpc) is 2.64. The number of aryl methyl sites for hydroxylation is 2. The lowest BCUT2D eigenvalue weighted by molar-refractivity contribution is 0.412. The largest absolute Gasteiger partial charge is 0.495 e. The number of nitrogens with one attached hydrogen (secondary N) is 2. The quantitative estimate of drug-likeness (QED) is 0.791. The Hall–Kier alpha value is -1.96. The van der Waals surface area contributed by atoms with Crippen LogP contribution < -0.4 is 19.7 Å². The molecule has 148 valence electrons. The van der Waals surface area contributed by atoms with E-state index in [2.05, 4.69) is 14.9 Å². The molecule has 0 unspecified atom stereocenters. The molecule has 1 fully saturated rings. The van der Waals surface area contributed by atoms with Crippen molar-refractivity contribution in [3.63, 3.8) is 0 Å². The average molecular weight is 412 g/mol. The highest BCUT2D eigenvalue weighted by Gasteiger charge is 2.21. The fourth-order valence-electron chi connectivity index (χ4n) is 3.01. The van der Waals surface area contributed by atoms with Crippen LogP contribution in [0.2, 0.25) is 0 Å². The van der Waals surface area contributed by atoms with Crippen molar-refractivity contribution in [2.75, 3.05) is 42.9 Å². The molecule has 0 bridgehead atoms. The van der Waals surface area contributed by atoms with Gasteiger partial charge in [-0.2, -0.15) is 0 Å². The summed E-state index contributed by atoms with van der Waals surface area (Å²) in [6.45, 7) is 7.30. The first kappa shape index (κ1) is 21.3. The van der Waals surface area contributed by atoms with Crippen molar-refractivity contribution >= 4 is 33.8 Å². The maximum atomic E-state index is 12.8. The second-order valence-electron chi connectivity index (χ2n) is 6.48. The molecule has 0 amide bonds. The topological polar surface area (TPSA) is 70.7 Å². The number of benzene rings is 2. The van der Waals surface area contributed by atoms with Crippen LogP contribution in [-0.2, 0) is 10.0 Å². The van der Waals surface area contributed by atoms with E-state index >= 15 is 0 Å². The number of rotatable bonds is 5. The van der Waals surface area contributed by atoms with E-state index in [0.717, 1.165) is 43.0 Å². The lowest BCUT2D eigenvalue weighted by Crippen LogP contribution is -2.43. The third-order valence-corrected chi connectivity index (χ3v) is 6.06. The molecule has 0 aliphatic carbocycles. The smallest absolute Gasteiger partial charge is 0.261 e. The van der Waals surface area contributed by atoms with Gasteiger partial charge in [0.15, 0.2) is 0 Å². The summed E-state index contributed by atoms with van der Waals surface area (Å²) in [7, 11) is -2.08. The zero-order valence-electron chi connectivity index (χ0n) is 15.8. The Morgan fingerprint density at radius 1 is 1.04 bits per heavy atom. The van der Waals surface area contributed by atoms with Gasteiger partial charge in [0.25, 0.3) is 10.0 Å². The highest BCUT2D eigenvalue weighted by Crippen LogP contribution is 2.32. The van der Waals surface area contributed by atoms with Crippen LogP contribution in [0.25, 0.3) is 0 Å². The Kier molecular flexibility index (Phi) is 6.97. The number of methoxy groups -OCH3 is 1. The first-order chi connectivity index (χ1) is 12.4. The van der Waals surface area contributed by atoms with Crippen LogP contribution in [0.15, 0.2) is 41.3 Å². The first-order valence-corrected chi connectivity index (χ1v) is 10.1. The summed E-state index contributed by atoms with van der Waals surface area (Å²) in [5.41, 5.74) is 3.53. The van der Waals surface area contributed by atoms with Crippen molar-refractivity contribution in [3.8, 4) is 5.75 Å². The van der Waals surface area contributed by atoms with E-state index < -0.39 is 10.0 Å². The molecule has 2 aromatic carbocycles. The molecule has 2 N–H and O–H groups in total. The second-order valence-corrected chi connectivity index (χ2v) is 8.16. The van der Waals surface area contributed by atoms with Crippen LogP contribution in [-0.4, -0.2) is 41.7 Å². The fraction of sp³-hybridized carbons (Fsp3) is 0.368. The van der Waals surface area contributed by atoms with Gasteiger partial charge in [0.1, 0.15) is 5.75 Å². The normalized spacial score (nSPS) is 14.4. The number of hydrogen-bond donors (Lipinski definition) is 2. The molecule has 0 spiro atoms. The minimum Gasteiger partial charge on any atom is -0.495 e. The van der Waals surface area contributed by atoms with Crippen molar-refractivity contribution in [3.05, 3.63) is 47.5 Å². The van der Waals surface area contributed by atoms with Gasteiger partial charge in [-0.1, -0.05) is 6.07 Å². The number of sulfonamides is 1. The number of halogens is 1. The Bertz CT molecular complexity index is 897. The van der Waals surface area contributed by atoms with Gasteiger partial charge < -0.3 is 15.0 Å². The highest BCUT2D eigenvalue weighted by molar-refractivity contribution is 7.92. The molecular formula is C19H26ClN3O3S. The van der Waals surface area contributed by atoms with Gasteiger partial charge in [0.2, 0.25) is 0 Å². The van der Waals surface area contributed by atoms with E-state index in [4.69, 9.17) is 4.74 Å². The van der Waals surface area contributed by atoms with Gasteiger partial charge in [-0.3, -0.25) is 4.72 Å². The summed E-state index contributed by atoms with van der Waals surface area (Å²) in [5.74, 6) is 0.678. The van der Waals surface area contributed by atoms with Gasteiger partial charge in [0.05, 0.1) is 17.7 Å². The van der Waals surface area contributed by atoms with E-state index in [-0.39, 0.29) is 17.3 Å². The molecule has 27 heavy (non-hydrogen) atoms. The Morgan fingerprint density at radius 3 is 2.37 bits per heavy atom. The SMILES string of the molecule is COc1ccc(S(=O)(=O)Nc2ccc(C)c(C)c2)cc1N1CCNCC1.Cl. The lowest BCUT2D eigenvalue weighted by Gasteiger charge is -2.30. The van der Waals surface area contributed by atoms with Crippen LogP contribution in [0.4, 0.5) is 11.4 Å². The van der Waals surface area contributed by atoms with Gasteiger partial charge in [-0.15, -0.1) is 12.4 Å². The van der Waals surface area contributed by atoms with Crippen LogP contribution in [0.1, 0.15) is 11.1 Å². The molecule has 2 aromatic rings. The number of piperazine rings is 1. The third-order valence-electron chi connectivity index (χ3n) is 4.68. The maximum Gasteiger partial charge on any atom is 0.261 e. The first-order valence-electron chi connectivity index (χ1n) is 8.64. The molecule has 0 aromatic heterocycles. The number of anilines is 2. The van der Waals surface area contributed by atoms with Crippen LogP contribution in [0.5, 0.6) is 5.75 Å². The van der Waals surface area contributed by atoms with Crippen molar-refractivity contribution in [1.29, 1.82) is 0 Å². The summed E-state index contributed by atoms with van der Waals surface area (Å²) in [5, 5.41) is 3.30. The van der Waals surface area contributed by atoms with E-state index in [9.17, 15) is 8.42 Å². The van der Waals surface area contributed by atoms with E-state index in [0.29, 0.717) is 11.4 Å². The summed E-state index contributed by atoms with van der Waals surface area (Å²) in [4.78, 5) is 2.37. The monoisotopic (exact) mass is 411 g/mol. The van der Waals surface area contributed by atoms with E-state index in [1.807, 2.05) is 26.0 Å². The molecule has 0 saturated carbocycles. The zero-order chi connectivity index (χ0) is 18.7. The molecule has 0 atom stereocenters. The van der Waals surface area contributed by atoms with Gasteiger partial charge in [0, 0.05) is 31.9 Å². The minimum atomic E-state index is -3.68. The number of nitrogens with zero attached hydrogens (tertiary/aromatic N) is 1. The minimum absolute atomic E-state index is 0.